The molecule has 1 saturated heterocycles. The summed E-state index contributed by atoms with van der Waals surface area (Å²) in [5.41, 5.74) is 0.514. The van der Waals surface area contributed by atoms with Gasteiger partial charge in [0.05, 0.1) is 0 Å². The van der Waals surface area contributed by atoms with Crippen LogP contribution in [0.4, 0.5) is 0 Å². The standard InChI is InChI=1S/C10H15NO/c12-9(11-5-6-11)8-7-10(8)3-1-2-4-10/h8H,1-7H2. The van der Waals surface area contributed by atoms with Gasteiger partial charge in [0.15, 0.2) is 0 Å². The van der Waals surface area contributed by atoms with Crippen molar-refractivity contribution in [3.63, 3.8) is 0 Å². The molecule has 1 unspecified atom stereocenters. The minimum absolute atomic E-state index is 0.447. The van der Waals surface area contributed by atoms with E-state index in [0.717, 1.165) is 13.1 Å². The zero-order chi connectivity index (χ0) is 8.18. The number of hydrogen-bond acceptors (Lipinski definition) is 1. The van der Waals surface area contributed by atoms with Crippen LogP contribution in [0, 0.1) is 11.3 Å². The Kier molecular flexibility index (Phi) is 1.18. The zero-order valence-corrected chi connectivity index (χ0v) is 7.38. The van der Waals surface area contributed by atoms with E-state index < -0.39 is 0 Å². The first-order chi connectivity index (χ1) is 5.82. The summed E-state index contributed by atoms with van der Waals surface area (Å²) in [6.07, 6.45) is 6.60. The van der Waals surface area contributed by atoms with Crippen molar-refractivity contribution in [3.05, 3.63) is 0 Å². The van der Waals surface area contributed by atoms with Gasteiger partial charge in [-0.3, -0.25) is 4.79 Å². The van der Waals surface area contributed by atoms with Crippen LogP contribution in [0.5, 0.6) is 0 Å². The van der Waals surface area contributed by atoms with Crippen molar-refractivity contribution in [1.29, 1.82) is 0 Å². The maximum Gasteiger partial charge on any atom is 0.226 e. The van der Waals surface area contributed by atoms with Gasteiger partial charge in [0.25, 0.3) is 0 Å². The second kappa shape index (κ2) is 2.04. The van der Waals surface area contributed by atoms with Crippen molar-refractivity contribution in [2.24, 2.45) is 11.3 Å². The van der Waals surface area contributed by atoms with Gasteiger partial charge in [-0.05, 0) is 24.7 Å². The zero-order valence-electron chi connectivity index (χ0n) is 7.38. The first-order valence-electron chi connectivity index (χ1n) is 5.11. The molecule has 0 aromatic rings. The van der Waals surface area contributed by atoms with Crippen LogP contribution in [0.2, 0.25) is 0 Å². The maximum absolute atomic E-state index is 11.7. The molecule has 1 spiro atoms. The van der Waals surface area contributed by atoms with Gasteiger partial charge in [-0.1, -0.05) is 12.8 Å². The van der Waals surface area contributed by atoms with Crippen molar-refractivity contribution >= 4 is 5.91 Å². The molecule has 0 radical (unpaired) electrons. The van der Waals surface area contributed by atoms with E-state index in [2.05, 4.69) is 0 Å². The molecule has 1 amide bonds. The molecule has 0 aromatic carbocycles. The molecule has 1 aliphatic heterocycles. The van der Waals surface area contributed by atoms with Gasteiger partial charge in [0.1, 0.15) is 0 Å². The Morgan fingerprint density at radius 1 is 1.25 bits per heavy atom. The topological polar surface area (TPSA) is 20.1 Å². The van der Waals surface area contributed by atoms with E-state index in [4.69, 9.17) is 0 Å². The Labute approximate surface area is 72.9 Å². The van der Waals surface area contributed by atoms with E-state index in [1.54, 1.807) is 0 Å². The van der Waals surface area contributed by atoms with E-state index in [9.17, 15) is 4.79 Å². The third kappa shape index (κ3) is 0.838. The number of carbonyl (C=O) groups excluding carboxylic acids is 1. The quantitative estimate of drug-likeness (QED) is 0.538. The summed E-state index contributed by atoms with van der Waals surface area (Å²) in [7, 11) is 0. The highest BCUT2D eigenvalue weighted by molar-refractivity contribution is 5.84. The largest absolute Gasteiger partial charge is 0.339 e. The highest BCUT2D eigenvalue weighted by atomic mass is 16.2. The van der Waals surface area contributed by atoms with Gasteiger partial charge in [0.2, 0.25) is 5.91 Å². The molecule has 3 aliphatic rings. The highest BCUT2D eigenvalue weighted by Crippen LogP contribution is 2.63. The Morgan fingerprint density at radius 3 is 2.50 bits per heavy atom. The fraction of sp³-hybridized carbons (Fsp3) is 0.900. The number of amides is 1. The molecule has 3 fully saturated rings. The summed E-state index contributed by atoms with van der Waals surface area (Å²) in [5.74, 6) is 0.916. The van der Waals surface area contributed by atoms with Crippen LogP contribution in [-0.4, -0.2) is 23.9 Å². The summed E-state index contributed by atoms with van der Waals surface area (Å²) in [5, 5.41) is 0. The normalized spacial score (nSPS) is 35.7. The minimum atomic E-state index is 0.447. The summed E-state index contributed by atoms with van der Waals surface area (Å²) >= 11 is 0. The van der Waals surface area contributed by atoms with E-state index >= 15 is 0 Å². The Hall–Kier alpha value is -0.530. The fourth-order valence-electron chi connectivity index (χ4n) is 2.82. The number of hydrogen-bond donors (Lipinski definition) is 0. The number of carbonyl (C=O) groups is 1. The smallest absolute Gasteiger partial charge is 0.226 e. The Balaban J connectivity index is 1.69. The first kappa shape index (κ1) is 6.93. The van der Waals surface area contributed by atoms with Crippen LogP contribution in [0.3, 0.4) is 0 Å². The van der Waals surface area contributed by atoms with Gasteiger partial charge in [0, 0.05) is 19.0 Å². The predicted molar refractivity (Wildman–Crippen MR) is 45.6 cm³/mol. The monoisotopic (exact) mass is 165 g/mol. The molecule has 12 heavy (non-hydrogen) atoms. The second-order valence-corrected chi connectivity index (χ2v) is 4.65. The summed E-state index contributed by atoms with van der Waals surface area (Å²) in [6, 6.07) is 0. The van der Waals surface area contributed by atoms with E-state index in [-0.39, 0.29) is 0 Å². The van der Waals surface area contributed by atoms with Crippen LogP contribution >= 0.6 is 0 Å². The molecule has 2 nitrogen and oxygen atoms in total. The van der Waals surface area contributed by atoms with E-state index in [0.29, 0.717) is 17.2 Å². The van der Waals surface area contributed by atoms with Gasteiger partial charge in [-0.25, -0.2) is 0 Å². The van der Waals surface area contributed by atoms with Crippen molar-refractivity contribution in [2.75, 3.05) is 13.1 Å². The SMILES string of the molecule is O=C(C1CC12CCCC2)N1CC1. The molecule has 2 aliphatic carbocycles. The van der Waals surface area contributed by atoms with Crippen LogP contribution in [0.15, 0.2) is 0 Å². The molecular weight excluding hydrogens is 150 g/mol. The van der Waals surface area contributed by atoms with Crippen LogP contribution in [0.25, 0.3) is 0 Å². The second-order valence-electron chi connectivity index (χ2n) is 4.65. The lowest BCUT2D eigenvalue weighted by atomic mass is 10.0. The lowest BCUT2D eigenvalue weighted by molar-refractivity contribution is -0.127. The van der Waals surface area contributed by atoms with E-state index in [1.165, 1.54) is 32.1 Å². The predicted octanol–water partition coefficient (Wildman–Crippen LogP) is 1.41. The lowest BCUT2D eigenvalue weighted by Gasteiger charge is -2.06. The maximum atomic E-state index is 11.7. The molecule has 0 N–H and O–H groups in total. The van der Waals surface area contributed by atoms with Gasteiger partial charge < -0.3 is 4.90 Å². The van der Waals surface area contributed by atoms with Crippen molar-refractivity contribution in [1.82, 2.24) is 4.90 Å². The third-order valence-corrected chi connectivity index (χ3v) is 3.85. The number of rotatable bonds is 1. The van der Waals surface area contributed by atoms with Crippen LogP contribution < -0.4 is 0 Å². The van der Waals surface area contributed by atoms with Crippen LogP contribution in [-0.2, 0) is 4.79 Å². The molecule has 3 rings (SSSR count). The third-order valence-electron chi connectivity index (χ3n) is 3.85. The van der Waals surface area contributed by atoms with Crippen molar-refractivity contribution in [2.45, 2.75) is 32.1 Å². The highest BCUT2D eigenvalue weighted by Gasteiger charge is 2.60. The molecule has 2 saturated carbocycles. The number of nitrogens with zero attached hydrogens (tertiary/aromatic N) is 1. The lowest BCUT2D eigenvalue weighted by Crippen LogP contribution is -2.16. The van der Waals surface area contributed by atoms with Gasteiger partial charge in [-0.2, -0.15) is 0 Å². The average molecular weight is 165 g/mol. The molecule has 66 valence electrons. The van der Waals surface area contributed by atoms with Crippen molar-refractivity contribution < 1.29 is 4.79 Å². The average Bonchev–Trinajstić information content (AvgIpc) is 2.90. The van der Waals surface area contributed by atoms with E-state index in [1.807, 2.05) is 4.90 Å². The van der Waals surface area contributed by atoms with Gasteiger partial charge in [-0.15, -0.1) is 0 Å². The molecule has 1 heterocycles. The van der Waals surface area contributed by atoms with Crippen molar-refractivity contribution in [3.8, 4) is 0 Å². The molecular formula is C10H15NO. The molecule has 0 aromatic heterocycles. The summed E-state index contributed by atoms with van der Waals surface area (Å²) in [4.78, 5) is 13.7. The van der Waals surface area contributed by atoms with Gasteiger partial charge >= 0.3 is 0 Å². The fourth-order valence-corrected chi connectivity index (χ4v) is 2.82. The molecule has 0 bridgehead atoms. The first-order valence-corrected chi connectivity index (χ1v) is 5.11. The van der Waals surface area contributed by atoms with Crippen LogP contribution in [0.1, 0.15) is 32.1 Å². The Bertz CT molecular complexity index is 226. The summed E-state index contributed by atoms with van der Waals surface area (Å²) < 4.78 is 0. The molecule has 2 heteroatoms. The summed E-state index contributed by atoms with van der Waals surface area (Å²) in [6.45, 7) is 2.07. The Morgan fingerprint density at radius 2 is 1.92 bits per heavy atom. The minimum Gasteiger partial charge on any atom is -0.339 e. The molecule has 1 atom stereocenters.